The summed E-state index contributed by atoms with van der Waals surface area (Å²) in [6.45, 7) is 6.87. The molecule has 0 radical (unpaired) electrons. The maximum Gasteiger partial charge on any atom is -0.0143 e. The molecule has 0 aliphatic heterocycles. The zero-order chi connectivity index (χ0) is 15.5. The third-order valence-corrected chi connectivity index (χ3v) is 4.95. The summed E-state index contributed by atoms with van der Waals surface area (Å²) in [4.78, 5) is 0. The average molecular weight is 290 g/mol. The first-order chi connectivity index (χ1) is 10.8. The van der Waals surface area contributed by atoms with E-state index in [2.05, 4.69) is 69.3 Å². The molecule has 114 valence electrons. The van der Waals surface area contributed by atoms with Gasteiger partial charge in [-0.15, -0.1) is 0 Å². The molecule has 3 aromatic carbocycles. The van der Waals surface area contributed by atoms with E-state index in [1.807, 2.05) is 0 Å². The molecule has 22 heavy (non-hydrogen) atoms. The Labute approximate surface area is 134 Å². The van der Waals surface area contributed by atoms with Gasteiger partial charge in [0.25, 0.3) is 0 Å². The summed E-state index contributed by atoms with van der Waals surface area (Å²) in [6.07, 6.45) is 4.87. The Kier molecular flexibility index (Phi) is 4.47. The first-order valence-corrected chi connectivity index (χ1v) is 8.72. The summed E-state index contributed by atoms with van der Waals surface area (Å²) in [7, 11) is 0. The van der Waals surface area contributed by atoms with E-state index in [4.69, 9.17) is 0 Å². The van der Waals surface area contributed by atoms with Gasteiger partial charge < -0.3 is 0 Å². The van der Waals surface area contributed by atoms with Crippen molar-refractivity contribution < 1.29 is 0 Å². The van der Waals surface area contributed by atoms with Crippen molar-refractivity contribution in [2.45, 2.75) is 52.4 Å². The molecule has 0 spiro atoms. The van der Waals surface area contributed by atoms with Gasteiger partial charge in [0.15, 0.2) is 0 Å². The van der Waals surface area contributed by atoms with Crippen LogP contribution < -0.4 is 0 Å². The Bertz CT molecular complexity index is 782. The normalized spacial score (nSPS) is 12.9. The minimum absolute atomic E-state index is 0.700. The highest BCUT2D eigenvalue weighted by Gasteiger charge is 2.11. The summed E-state index contributed by atoms with van der Waals surface area (Å²) in [6, 6.07) is 18.3. The maximum atomic E-state index is 2.46. The lowest BCUT2D eigenvalue weighted by Gasteiger charge is -2.17. The number of benzene rings is 3. The molecule has 3 rings (SSSR count). The van der Waals surface area contributed by atoms with E-state index in [-0.39, 0.29) is 0 Å². The Hall–Kier alpha value is -1.82. The first kappa shape index (κ1) is 15.1. The van der Waals surface area contributed by atoms with Gasteiger partial charge in [0.2, 0.25) is 0 Å². The van der Waals surface area contributed by atoms with Crippen molar-refractivity contribution in [2.75, 3.05) is 0 Å². The van der Waals surface area contributed by atoms with Gasteiger partial charge >= 0.3 is 0 Å². The molecule has 0 fully saturated rings. The first-order valence-electron chi connectivity index (χ1n) is 8.72. The lowest BCUT2D eigenvalue weighted by Crippen LogP contribution is -1.98. The van der Waals surface area contributed by atoms with Crippen molar-refractivity contribution in [1.29, 1.82) is 0 Å². The molecule has 1 unspecified atom stereocenters. The highest BCUT2D eigenvalue weighted by molar-refractivity contribution is 6.02. The van der Waals surface area contributed by atoms with Gasteiger partial charge in [0.1, 0.15) is 0 Å². The van der Waals surface area contributed by atoms with Crippen molar-refractivity contribution in [2.24, 2.45) is 0 Å². The number of hydrogen-bond donors (Lipinski definition) is 0. The standard InChI is InChI=1S/C22H26/c1-4-9-16(5-2)17-12-13-19-14-18-10-7-8-11-21(18)20(6-3)22(19)15-17/h7-8,10-16H,4-6,9H2,1-3H3. The largest absolute Gasteiger partial charge is 0.0654 e. The third kappa shape index (κ3) is 2.63. The molecule has 0 saturated carbocycles. The molecule has 1 atom stereocenters. The van der Waals surface area contributed by atoms with Crippen molar-refractivity contribution >= 4 is 21.5 Å². The zero-order valence-electron chi connectivity index (χ0n) is 14.0. The molecule has 3 aromatic rings. The van der Waals surface area contributed by atoms with Crippen LogP contribution in [0.5, 0.6) is 0 Å². The van der Waals surface area contributed by atoms with E-state index >= 15 is 0 Å². The van der Waals surface area contributed by atoms with E-state index in [1.54, 1.807) is 0 Å². The number of hydrogen-bond acceptors (Lipinski definition) is 0. The van der Waals surface area contributed by atoms with E-state index < -0.39 is 0 Å². The topological polar surface area (TPSA) is 0 Å². The monoisotopic (exact) mass is 290 g/mol. The summed E-state index contributed by atoms with van der Waals surface area (Å²) in [5.74, 6) is 0.700. The highest BCUT2D eigenvalue weighted by atomic mass is 14.2. The molecule has 0 bridgehead atoms. The molecule has 0 nitrogen and oxygen atoms in total. The summed E-state index contributed by atoms with van der Waals surface area (Å²) in [5.41, 5.74) is 3.02. The summed E-state index contributed by atoms with van der Waals surface area (Å²) >= 11 is 0. The minimum atomic E-state index is 0.700. The number of aryl methyl sites for hydroxylation is 1. The van der Waals surface area contributed by atoms with Crippen LogP contribution in [0.1, 0.15) is 57.1 Å². The second kappa shape index (κ2) is 6.52. The predicted molar refractivity (Wildman–Crippen MR) is 98.8 cm³/mol. The van der Waals surface area contributed by atoms with Crippen LogP contribution >= 0.6 is 0 Å². The highest BCUT2D eigenvalue weighted by Crippen LogP contribution is 2.33. The van der Waals surface area contributed by atoms with Crippen molar-refractivity contribution in [3.05, 3.63) is 59.7 Å². The lowest BCUT2D eigenvalue weighted by atomic mass is 9.88. The summed E-state index contributed by atoms with van der Waals surface area (Å²) in [5, 5.41) is 5.61. The predicted octanol–water partition coefficient (Wildman–Crippen LogP) is 6.85. The molecule has 0 heterocycles. The molecule has 0 aliphatic carbocycles. The van der Waals surface area contributed by atoms with Gasteiger partial charge in [0, 0.05) is 0 Å². The lowest BCUT2D eigenvalue weighted by molar-refractivity contribution is 0.596. The molecule has 0 N–H and O–H groups in total. The van der Waals surface area contributed by atoms with Gasteiger partial charge in [-0.3, -0.25) is 0 Å². The van der Waals surface area contributed by atoms with Crippen LogP contribution in [-0.4, -0.2) is 0 Å². The van der Waals surface area contributed by atoms with Crippen LogP contribution in [0.4, 0.5) is 0 Å². The number of rotatable bonds is 5. The summed E-state index contributed by atoms with van der Waals surface area (Å²) < 4.78 is 0. The minimum Gasteiger partial charge on any atom is -0.0654 e. The van der Waals surface area contributed by atoms with Gasteiger partial charge in [-0.05, 0) is 63.9 Å². The fourth-order valence-electron chi connectivity index (χ4n) is 3.76. The second-order valence-electron chi connectivity index (χ2n) is 6.30. The Balaban J connectivity index is 2.24. The Morgan fingerprint density at radius 1 is 0.818 bits per heavy atom. The molecule has 0 aromatic heterocycles. The van der Waals surface area contributed by atoms with Crippen LogP contribution in [0.25, 0.3) is 21.5 Å². The fraction of sp³-hybridized carbons (Fsp3) is 0.364. The van der Waals surface area contributed by atoms with Crippen LogP contribution in [0.3, 0.4) is 0 Å². The zero-order valence-corrected chi connectivity index (χ0v) is 14.0. The van der Waals surface area contributed by atoms with E-state index in [0.717, 1.165) is 6.42 Å². The Morgan fingerprint density at radius 2 is 1.59 bits per heavy atom. The SMILES string of the molecule is CCCC(CC)c1ccc2cc3ccccc3c(CC)c2c1. The van der Waals surface area contributed by atoms with Crippen molar-refractivity contribution in [3.8, 4) is 0 Å². The van der Waals surface area contributed by atoms with Crippen LogP contribution in [-0.2, 0) is 6.42 Å². The van der Waals surface area contributed by atoms with Gasteiger partial charge in [0.05, 0.1) is 0 Å². The third-order valence-electron chi connectivity index (χ3n) is 4.95. The van der Waals surface area contributed by atoms with Gasteiger partial charge in [-0.25, -0.2) is 0 Å². The fourth-order valence-corrected chi connectivity index (χ4v) is 3.76. The number of fused-ring (bicyclic) bond motifs is 2. The molecule has 0 saturated heterocycles. The van der Waals surface area contributed by atoms with Crippen LogP contribution in [0, 0.1) is 0 Å². The van der Waals surface area contributed by atoms with Crippen molar-refractivity contribution in [3.63, 3.8) is 0 Å². The smallest absolute Gasteiger partial charge is 0.0143 e. The van der Waals surface area contributed by atoms with Gasteiger partial charge in [-0.2, -0.15) is 0 Å². The maximum absolute atomic E-state index is 2.46. The quantitative estimate of drug-likeness (QED) is 0.451. The molecule has 0 aliphatic rings. The molecular formula is C22H26. The molecule has 0 amide bonds. The van der Waals surface area contributed by atoms with Crippen molar-refractivity contribution in [1.82, 2.24) is 0 Å². The van der Waals surface area contributed by atoms with Gasteiger partial charge in [-0.1, -0.05) is 69.7 Å². The van der Waals surface area contributed by atoms with E-state index in [0.29, 0.717) is 5.92 Å². The second-order valence-corrected chi connectivity index (χ2v) is 6.30. The molecular weight excluding hydrogens is 264 g/mol. The average Bonchev–Trinajstić information content (AvgIpc) is 2.57. The Morgan fingerprint density at radius 3 is 2.32 bits per heavy atom. The van der Waals surface area contributed by atoms with Crippen LogP contribution in [0.15, 0.2) is 48.5 Å². The van der Waals surface area contributed by atoms with E-state index in [9.17, 15) is 0 Å². The van der Waals surface area contributed by atoms with Crippen LogP contribution in [0.2, 0.25) is 0 Å². The van der Waals surface area contributed by atoms with E-state index in [1.165, 1.54) is 51.9 Å². The molecule has 0 heteroatoms.